The predicted octanol–water partition coefficient (Wildman–Crippen LogP) is 3.23. The zero-order valence-electron chi connectivity index (χ0n) is 10.5. The fourth-order valence-electron chi connectivity index (χ4n) is 3.02. The van der Waals surface area contributed by atoms with Crippen LogP contribution >= 0.6 is 0 Å². The lowest BCUT2D eigenvalue weighted by molar-refractivity contribution is 0.330. The molecule has 17 heavy (non-hydrogen) atoms. The first-order valence-corrected chi connectivity index (χ1v) is 6.19. The molecule has 0 amide bonds. The van der Waals surface area contributed by atoms with Crippen LogP contribution < -0.4 is 0 Å². The van der Waals surface area contributed by atoms with Crippen LogP contribution in [0.1, 0.15) is 36.5 Å². The molecule has 0 radical (unpaired) electrons. The summed E-state index contributed by atoms with van der Waals surface area (Å²) in [6, 6.07) is 3.94. The van der Waals surface area contributed by atoms with Crippen molar-refractivity contribution < 1.29 is 9.84 Å². The SMILES string of the molecule is C=C1c2cc(O)c(C)cc2C(C(C)C)C2OC12. The highest BCUT2D eigenvalue weighted by Crippen LogP contribution is 2.53. The number of phenolic OH excluding ortho intramolecular Hbond substituents is 1. The van der Waals surface area contributed by atoms with E-state index in [0.717, 1.165) is 16.7 Å². The molecule has 1 heterocycles. The van der Waals surface area contributed by atoms with E-state index in [2.05, 4.69) is 26.5 Å². The van der Waals surface area contributed by atoms with Crippen LogP contribution in [0.3, 0.4) is 0 Å². The van der Waals surface area contributed by atoms with Crippen molar-refractivity contribution in [3.63, 3.8) is 0 Å². The summed E-state index contributed by atoms with van der Waals surface area (Å²) >= 11 is 0. The third-order valence-electron chi connectivity index (χ3n) is 4.01. The minimum Gasteiger partial charge on any atom is -0.508 e. The summed E-state index contributed by atoms with van der Waals surface area (Å²) in [5.41, 5.74) is 4.34. The first-order chi connectivity index (χ1) is 8.00. The van der Waals surface area contributed by atoms with Crippen LogP contribution in [0.15, 0.2) is 18.7 Å². The van der Waals surface area contributed by atoms with E-state index >= 15 is 0 Å². The molecule has 2 heteroatoms. The average molecular weight is 230 g/mol. The second-order valence-corrected chi connectivity index (χ2v) is 5.54. The van der Waals surface area contributed by atoms with Crippen molar-refractivity contribution in [2.45, 2.75) is 38.9 Å². The summed E-state index contributed by atoms with van der Waals surface area (Å²) in [5.74, 6) is 1.33. The van der Waals surface area contributed by atoms with Crippen LogP contribution in [0.2, 0.25) is 0 Å². The van der Waals surface area contributed by atoms with Crippen molar-refractivity contribution in [2.24, 2.45) is 5.92 Å². The molecule has 0 bridgehead atoms. The molecule has 90 valence electrons. The van der Waals surface area contributed by atoms with E-state index in [0.29, 0.717) is 23.7 Å². The third kappa shape index (κ3) is 1.44. The molecule has 3 atom stereocenters. The van der Waals surface area contributed by atoms with Gasteiger partial charge in [-0.15, -0.1) is 0 Å². The Balaban J connectivity index is 2.19. The van der Waals surface area contributed by atoms with E-state index in [1.165, 1.54) is 5.56 Å². The number of rotatable bonds is 1. The predicted molar refractivity (Wildman–Crippen MR) is 68.1 cm³/mol. The largest absolute Gasteiger partial charge is 0.508 e. The molecule has 0 saturated carbocycles. The number of fused-ring (bicyclic) bond motifs is 2. The molecule has 2 aliphatic rings. The number of epoxide rings is 1. The highest BCUT2D eigenvalue weighted by molar-refractivity contribution is 5.77. The molecule has 1 fully saturated rings. The van der Waals surface area contributed by atoms with Gasteiger partial charge in [-0.2, -0.15) is 0 Å². The van der Waals surface area contributed by atoms with Gasteiger partial charge >= 0.3 is 0 Å². The summed E-state index contributed by atoms with van der Waals surface area (Å²) in [6.07, 6.45) is 0.482. The second kappa shape index (κ2) is 3.36. The number of hydrogen-bond donors (Lipinski definition) is 1. The third-order valence-corrected chi connectivity index (χ3v) is 4.01. The first kappa shape index (κ1) is 10.8. The summed E-state index contributed by atoms with van der Waals surface area (Å²) < 4.78 is 5.75. The Morgan fingerprint density at radius 3 is 2.71 bits per heavy atom. The van der Waals surface area contributed by atoms with Gasteiger partial charge in [-0.25, -0.2) is 0 Å². The fraction of sp³-hybridized carbons (Fsp3) is 0.467. The Bertz CT molecular complexity index is 502. The van der Waals surface area contributed by atoms with Gasteiger partial charge in [-0.05, 0) is 41.2 Å². The van der Waals surface area contributed by atoms with Gasteiger partial charge in [0, 0.05) is 5.92 Å². The van der Waals surface area contributed by atoms with Crippen LogP contribution in [-0.4, -0.2) is 17.3 Å². The summed E-state index contributed by atoms with van der Waals surface area (Å²) in [7, 11) is 0. The zero-order valence-corrected chi connectivity index (χ0v) is 10.5. The van der Waals surface area contributed by atoms with Crippen LogP contribution in [0.25, 0.3) is 5.57 Å². The van der Waals surface area contributed by atoms with Crippen LogP contribution in [0.4, 0.5) is 0 Å². The normalized spacial score (nSPS) is 30.1. The lowest BCUT2D eigenvalue weighted by Gasteiger charge is -2.27. The van der Waals surface area contributed by atoms with Crippen molar-refractivity contribution >= 4 is 5.57 Å². The molecule has 1 aliphatic carbocycles. The Morgan fingerprint density at radius 1 is 1.35 bits per heavy atom. The monoisotopic (exact) mass is 230 g/mol. The molecule has 2 nitrogen and oxygen atoms in total. The van der Waals surface area contributed by atoms with E-state index in [1.54, 1.807) is 0 Å². The van der Waals surface area contributed by atoms with Gasteiger partial charge in [-0.3, -0.25) is 0 Å². The maximum atomic E-state index is 9.84. The number of aromatic hydroxyl groups is 1. The Morgan fingerprint density at radius 2 is 2.06 bits per heavy atom. The summed E-state index contributed by atoms with van der Waals surface area (Å²) in [5, 5.41) is 9.84. The quantitative estimate of drug-likeness (QED) is 0.751. The van der Waals surface area contributed by atoms with Crippen molar-refractivity contribution in [1.82, 2.24) is 0 Å². The van der Waals surface area contributed by atoms with Crippen molar-refractivity contribution in [3.05, 3.63) is 35.4 Å². The molecular weight excluding hydrogens is 212 g/mol. The van der Waals surface area contributed by atoms with E-state index in [9.17, 15) is 5.11 Å². The zero-order chi connectivity index (χ0) is 12.3. The van der Waals surface area contributed by atoms with Crippen molar-refractivity contribution in [2.75, 3.05) is 0 Å². The number of ether oxygens (including phenoxy) is 1. The van der Waals surface area contributed by atoms with Crippen molar-refractivity contribution in [1.29, 1.82) is 0 Å². The molecule has 1 N–H and O–H groups in total. The fourth-order valence-corrected chi connectivity index (χ4v) is 3.02. The molecule has 3 unspecified atom stereocenters. The average Bonchev–Trinajstić information content (AvgIpc) is 3.01. The van der Waals surface area contributed by atoms with Crippen LogP contribution in [-0.2, 0) is 4.74 Å². The summed E-state index contributed by atoms with van der Waals surface area (Å²) in [6.45, 7) is 10.5. The Hall–Kier alpha value is -1.28. The topological polar surface area (TPSA) is 32.8 Å². The molecule has 3 rings (SSSR count). The van der Waals surface area contributed by atoms with Gasteiger partial charge in [0.1, 0.15) is 11.9 Å². The minimum absolute atomic E-state index is 0.178. The summed E-state index contributed by atoms with van der Waals surface area (Å²) in [4.78, 5) is 0. The van der Waals surface area contributed by atoms with Gasteiger partial charge in [-0.1, -0.05) is 26.5 Å². The molecule has 1 aliphatic heterocycles. The van der Waals surface area contributed by atoms with E-state index in [-0.39, 0.29) is 6.10 Å². The Labute approximate surface area is 102 Å². The lowest BCUT2D eigenvalue weighted by atomic mass is 9.75. The van der Waals surface area contributed by atoms with Gasteiger partial charge < -0.3 is 9.84 Å². The minimum atomic E-state index is 0.178. The van der Waals surface area contributed by atoms with Gasteiger partial charge in [0.2, 0.25) is 0 Å². The molecule has 1 saturated heterocycles. The van der Waals surface area contributed by atoms with Gasteiger partial charge in [0.05, 0.1) is 6.10 Å². The molecule has 1 aromatic rings. The molecule has 0 spiro atoms. The lowest BCUT2D eigenvalue weighted by Crippen LogP contribution is -2.22. The van der Waals surface area contributed by atoms with Crippen LogP contribution in [0, 0.1) is 12.8 Å². The number of phenols is 1. The van der Waals surface area contributed by atoms with E-state index in [4.69, 9.17) is 4.74 Å². The first-order valence-electron chi connectivity index (χ1n) is 6.19. The van der Waals surface area contributed by atoms with E-state index in [1.807, 2.05) is 13.0 Å². The molecule has 0 aromatic heterocycles. The number of benzene rings is 1. The maximum absolute atomic E-state index is 9.84. The second-order valence-electron chi connectivity index (χ2n) is 5.54. The van der Waals surface area contributed by atoms with Crippen LogP contribution in [0.5, 0.6) is 5.75 Å². The van der Waals surface area contributed by atoms with Gasteiger partial charge in [0.25, 0.3) is 0 Å². The number of aryl methyl sites for hydroxylation is 1. The van der Waals surface area contributed by atoms with E-state index < -0.39 is 0 Å². The van der Waals surface area contributed by atoms with Crippen molar-refractivity contribution in [3.8, 4) is 5.75 Å². The molecular formula is C15H18O2. The standard InChI is InChI=1S/C15H18O2/c1-7(2)13-11-5-8(3)12(16)6-10(11)9(4)14-15(13)17-14/h5-7,13-16H,4H2,1-3H3. The molecule has 1 aromatic carbocycles. The smallest absolute Gasteiger partial charge is 0.119 e. The highest BCUT2D eigenvalue weighted by atomic mass is 16.6. The highest BCUT2D eigenvalue weighted by Gasteiger charge is 2.52. The van der Waals surface area contributed by atoms with Gasteiger partial charge in [0.15, 0.2) is 0 Å². The maximum Gasteiger partial charge on any atom is 0.119 e. The Kier molecular flexibility index (Phi) is 2.14. The number of hydrogen-bond acceptors (Lipinski definition) is 2.